The summed E-state index contributed by atoms with van der Waals surface area (Å²) >= 11 is 5.74. The van der Waals surface area contributed by atoms with Gasteiger partial charge in [0.15, 0.2) is 9.84 Å². The van der Waals surface area contributed by atoms with Gasteiger partial charge in [-0.05, 0) is 62.4 Å². The molecule has 0 spiro atoms. The van der Waals surface area contributed by atoms with Crippen LogP contribution in [0.25, 0.3) is 0 Å². The average Bonchev–Trinajstić information content (AvgIpc) is 2.47. The third-order valence-electron chi connectivity index (χ3n) is 3.18. The van der Waals surface area contributed by atoms with Crippen LogP contribution >= 0.6 is 11.6 Å². The number of sulfone groups is 1. The molecule has 5 nitrogen and oxygen atoms in total. The second-order valence-electron chi connectivity index (χ2n) is 5.18. The Bertz CT molecular complexity index is 887. The van der Waals surface area contributed by atoms with Crippen molar-refractivity contribution < 1.29 is 16.8 Å². The molecule has 0 aliphatic rings. The first-order valence-corrected chi connectivity index (χ1v) is 10.2. The first-order chi connectivity index (χ1) is 10.6. The zero-order chi connectivity index (χ0) is 17.3. The lowest BCUT2D eigenvalue weighted by atomic mass is 10.3. The molecule has 1 N–H and O–H groups in total. The van der Waals surface area contributed by atoms with Crippen LogP contribution in [0, 0.1) is 0 Å². The molecule has 0 fully saturated rings. The number of hydrogen-bond donors (Lipinski definition) is 1. The average molecular weight is 374 g/mol. The maximum absolute atomic E-state index is 12.2. The minimum Gasteiger partial charge on any atom is -0.280 e. The summed E-state index contributed by atoms with van der Waals surface area (Å²) in [6.07, 6.45) is 0. The van der Waals surface area contributed by atoms with E-state index in [9.17, 15) is 16.8 Å². The summed E-state index contributed by atoms with van der Waals surface area (Å²) in [5.74, 6) is 0. The van der Waals surface area contributed by atoms with Crippen molar-refractivity contribution >= 4 is 37.1 Å². The van der Waals surface area contributed by atoms with Gasteiger partial charge in [0.2, 0.25) is 0 Å². The van der Waals surface area contributed by atoms with Crippen molar-refractivity contribution in [2.24, 2.45) is 0 Å². The highest BCUT2D eigenvalue weighted by Gasteiger charge is 2.19. The molecule has 0 atom stereocenters. The van der Waals surface area contributed by atoms with Crippen molar-refractivity contribution in [3.8, 4) is 0 Å². The normalized spacial score (nSPS) is 12.3. The number of rotatable bonds is 5. The monoisotopic (exact) mass is 373 g/mol. The van der Waals surface area contributed by atoms with E-state index in [0.717, 1.165) is 0 Å². The zero-order valence-corrected chi connectivity index (χ0v) is 14.9. The Hall–Kier alpha value is -1.57. The van der Waals surface area contributed by atoms with Crippen molar-refractivity contribution in [2.45, 2.75) is 28.9 Å². The van der Waals surface area contributed by atoms with Crippen molar-refractivity contribution in [2.75, 3.05) is 4.72 Å². The fraction of sp³-hybridized carbons (Fsp3) is 0.200. The van der Waals surface area contributed by atoms with Crippen molar-refractivity contribution in [1.82, 2.24) is 0 Å². The predicted molar refractivity (Wildman–Crippen MR) is 91.0 cm³/mol. The van der Waals surface area contributed by atoms with Gasteiger partial charge in [0.1, 0.15) is 0 Å². The Morgan fingerprint density at radius 2 is 1.30 bits per heavy atom. The van der Waals surface area contributed by atoms with Crippen LogP contribution in [0.3, 0.4) is 0 Å². The number of hydrogen-bond acceptors (Lipinski definition) is 4. The van der Waals surface area contributed by atoms with E-state index in [2.05, 4.69) is 4.72 Å². The molecule has 124 valence electrons. The summed E-state index contributed by atoms with van der Waals surface area (Å²) < 4.78 is 50.9. The molecular weight excluding hydrogens is 358 g/mol. The van der Waals surface area contributed by atoms with Gasteiger partial charge in [-0.2, -0.15) is 0 Å². The van der Waals surface area contributed by atoms with Crippen molar-refractivity contribution in [1.29, 1.82) is 0 Å². The molecule has 0 radical (unpaired) electrons. The van der Waals surface area contributed by atoms with E-state index < -0.39 is 25.1 Å². The van der Waals surface area contributed by atoms with Gasteiger partial charge in [-0.15, -0.1) is 0 Å². The SMILES string of the molecule is CC(C)S(=O)(=O)c1ccc(NS(=O)(=O)c2ccc(Cl)cc2)cc1. The molecule has 0 saturated heterocycles. The van der Waals surface area contributed by atoms with Crippen LogP contribution in [0.15, 0.2) is 58.3 Å². The van der Waals surface area contributed by atoms with Crippen LogP contribution in [-0.2, 0) is 19.9 Å². The molecular formula is C15H16ClNO4S2. The summed E-state index contributed by atoms with van der Waals surface area (Å²) in [6, 6.07) is 11.4. The van der Waals surface area contributed by atoms with E-state index in [-0.39, 0.29) is 15.5 Å². The minimum absolute atomic E-state index is 0.0702. The maximum atomic E-state index is 12.2. The van der Waals surface area contributed by atoms with Gasteiger partial charge in [0, 0.05) is 10.7 Å². The van der Waals surface area contributed by atoms with Gasteiger partial charge < -0.3 is 0 Å². The molecule has 0 aliphatic heterocycles. The number of benzene rings is 2. The molecule has 2 rings (SSSR count). The second kappa shape index (κ2) is 6.51. The fourth-order valence-corrected chi connectivity index (χ4v) is 4.06. The van der Waals surface area contributed by atoms with E-state index >= 15 is 0 Å². The Kier molecular flexibility index (Phi) is 5.03. The first-order valence-electron chi connectivity index (χ1n) is 6.75. The first kappa shape index (κ1) is 17.8. The fourth-order valence-electron chi connectivity index (χ4n) is 1.81. The standard InChI is InChI=1S/C15H16ClNO4S2/c1-11(2)22(18,19)14-9-5-13(6-10-14)17-23(20,21)15-7-3-12(16)4-8-15/h3-11,17H,1-2H3. The van der Waals surface area contributed by atoms with E-state index in [4.69, 9.17) is 11.6 Å². The van der Waals surface area contributed by atoms with Crippen molar-refractivity contribution in [3.05, 3.63) is 53.6 Å². The van der Waals surface area contributed by atoms with Crippen LogP contribution in [0.1, 0.15) is 13.8 Å². The Morgan fingerprint density at radius 3 is 1.78 bits per heavy atom. The second-order valence-corrected chi connectivity index (χ2v) is 9.80. The summed E-state index contributed by atoms with van der Waals surface area (Å²) in [6.45, 7) is 3.18. The van der Waals surface area contributed by atoms with Gasteiger partial charge in [-0.3, -0.25) is 4.72 Å². The quantitative estimate of drug-likeness (QED) is 0.871. The molecule has 0 heterocycles. The van der Waals surface area contributed by atoms with Crippen LogP contribution in [-0.4, -0.2) is 22.1 Å². The summed E-state index contributed by atoms with van der Waals surface area (Å²) in [7, 11) is -7.14. The van der Waals surface area contributed by atoms with Crippen LogP contribution < -0.4 is 4.72 Å². The lowest BCUT2D eigenvalue weighted by Crippen LogP contribution is -2.15. The maximum Gasteiger partial charge on any atom is 0.261 e. The van der Waals surface area contributed by atoms with Crippen LogP contribution in [0.2, 0.25) is 5.02 Å². The van der Waals surface area contributed by atoms with Gasteiger partial charge in [0.25, 0.3) is 10.0 Å². The van der Waals surface area contributed by atoms with Gasteiger partial charge in [0.05, 0.1) is 15.0 Å². The number of halogens is 1. The van der Waals surface area contributed by atoms with E-state index in [0.29, 0.717) is 5.02 Å². The Labute approximate surface area is 141 Å². The highest BCUT2D eigenvalue weighted by molar-refractivity contribution is 7.92. The summed E-state index contributed by atoms with van der Waals surface area (Å²) in [4.78, 5) is 0.225. The van der Waals surface area contributed by atoms with Gasteiger partial charge in [-0.1, -0.05) is 11.6 Å². The number of nitrogens with one attached hydrogen (secondary N) is 1. The topological polar surface area (TPSA) is 80.3 Å². The molecule has 2 aromatic carbocycles. The minimum atomic E-state index is -3.75. The van der Waals surface area contributed by atoms with Gasteiger partial charge >= 0.3 is 0 Å². The summed E-state index contributed by atoms with van der Waals surface area (Å²) in [5, 5.41) is -0.105. The Morgan fingerprint density at radius 1 is 0.826 bits per heavy atom. The Balaban J connectivity index is 2.26. The molecule has 23 heavy (non-hydrogen) atoms. The number of sulfonamides is 1. The lowest BCUT2D eigenvalue weighted by Gasteiger charge is -2.10. The molecule has 0 unspecified atom stereocenters. The molecule has 0 saturated carbocycles. The predicted octanol–water partition coefficient (Wildman–Crippen LogP) is 3.32. The largest absolute Gasteiger partial charge is 0.280 e. The number of anilines is 1. The highest BCUT2D eigenvalue weighted by atomic mass is 35.5. The summed E-state index contributed by atoms with van der Waals surface area (Å²) in [5.41, 5.74) is 0.280. The molecule has 0 bridgehead atoms. The highest BCUT2D eigenvalue weighted by Crippen LogP contribution is 2.21. The zero-order valence-electron chi connectivity index (χ0n) is 12.5. The molecule has 8 heteroatoms. The van der Waals surface area contributed by atoms with Crippen LogP contribution in [0.5, 0.6) is 0 Å². The van der Waals surface area contributed by atoms with E-state index in [1.54, 1.807) is 13.8 Å². The molecule has 2 aromatic rings. The molecule has 0 aromatic heterocycles. The van der Waals surface area contributed by atoms with Crippen molar-refractivity contribution in [3.63, 3.8) is 0 Å². The third-order valence-corrected chi connectivity index (χ3v) is 7.00. The van der Waals surface area contributed by atoms with E-state index in [1.807, 2.05) is 0 Å². The third kappa shape index (κ3) is 4.04. The molecule has 0 aliphatic carbocycles. The van der Waals surface area contributed by atoms with Gasteiger partial charge in [-0.25, -0.2) is 16.8 Å². The lowest BCUT2D eigenvalue weighted by molar-refractivity contribution is 0.587. The smallest absolute Gasteiger partial charge is 0.261 e. The van der Waals surface area contributed by atoms with E-state index in [1.165, 1.54) is 48.5 Å². The molecule has 0 amide bonds. The van der Waals surface area contributed by atoms with Crippen LogP contribution in [0.4, 0.5) is 5.69 Å².